The lowest BCUT2D eigenvalue weighted by Gasteiger charge is -2.10. The van der Waals surface area contributed by atoms with Crippen LogP contribution < -0.4 is 0 Å². The van der Waals surface area contributed by atoms with Gasteiger partial charge in [-0.25, -0.2) is 0 Å². The van der Waals surface area contributed by atoms with E-state index < -0.39 is 11.2 Å². The second-order valence-corrected chi connectivity index (χ2v) is 15.3. The van der Waals surface area contributed by atoms with Gasteiger partial charge in [-0.05, 0) is 98.9 Å². The van der Waals surface area contributed by atoms with Gasteiger partial charge in [-0.3, -0.25) is 0 Å². The van der Waals surface area contributed by atoms with Gasteiger partial charge in [-0.2, -0.15) is 0 Å². The van der Waals surface area contributed by atoms with Crippen molar-refractivity contribution in [2.75, 3.05) is 0 Å². The summed E-state index contributed by atoms with van der Waals surface area (Å²) in [5.41, 5.74) is 9.51. The molecule has 0 fully saturated rings. The Hall–Kier alpha value is -6.59. The number of rotatable bonds is 5. The minimum absolute atomic E-state index is 0.788. The fraction of sp³-hybridized carbons (Fsp3) is 0. The summed E-state index contributed by atoms with van der Waals surface area (Å²) in [6, 6.07) is 65.6. The quantitative estimate of drug-likeness (QED) is 0.167. The third-order valence-electron chi connectivity index (χ3n) is 10.8. The number of fused-ring (bicyclic) bond motifs is 10. The summed E-state index contributed by atoms with van der Waals surface area (Å²) in [7, 11) is 0. The van der Waals surface area contributed by atoms with Crippen LogP contribution in [0.15, 0.2) is 202 Å². The second-order valence-electron chi connectivity index (χ2n) is 13.9. The first-order valence-corrected chi connectivity index (χ1v) is 19.3. The molecule has 254 valence electrons. The number of nitrogens with zero attached hydrogens (tertiary/aromatic N) is 1. The number of furan rings is 1. The van der Waals surface area contributed by atoms with E-state index in [4.69, 9.17) is 4.42 Å². The Morgan fingerprint density at radius 3 is 1.81 bits per heavy atom. The van der Waals surface area contributed by atoms with Crippen LogP contribution in [0.3, 0.4) is 0 Å². The van der Waals surface area contributed by atoms with Crippen molar-refractivity contribution in [3.8, 4) is 27.9 Å². The predicted molar refractivity (Wildman–Crippen MR) is 225 cm³/mol. The maximum absolute atomic E-state index is 13.7. The van der Waals surface area contributed by atoms with Gasteiger partial charge in [0.2, 0.25) is 0 Å². The third-order valence-corrected chi connectivity index (χ3v) is 12.2. The Kier molecular flexibility index (Phi) is 7.02. The van der Waals surface area contributed by atoms with Crippen LogP contribution in [0, 0.1) is 0 Å². The van der Waals surface area contributed by atoms with E-state index in [1.165, 1.54) is 21.5 Å². The highest BCUT2D eigenvalue weighted by Gasteiger charge is 2.21. The smallest absolute Gasteiger partial charge is 0.159 e. The highest BCUT2D eigenvalue weighted by atomic mass is 32.2. The summed E-state index contributed by atoms with van der Waals surface area (Å²) >= 11 is -1.29. The first-order chi connectivity index (χ1) is 26.7. The van der Waals surface area contributed by atoms with Crippen molar-refractivity contribution in [2.45, 2.75) is 9.79 Å². The Bertz CT molecular complexity index is 3220. The molecular weight excluding hydrogens is 679 g/mol. The standard InChI is InChI=1S/C50H31NO2S/c52-54(38-15-5-2-6-16-38)39-25-27-46-44(31-39)43-29-35(23-26-45(43)51(46)37-13-3-1-4-14-37)32-19-21-34(22-20-32)42-30-36-12-8-10-18-41(36)49-48-40-17-9-7-11-33(40)24-28-47(48)53-50(42)49/h1-31H. The third kappa shape index (κ3) is 4.81. The highest BCUT2D eigenvalue weighted by Crippen LogP contribution is 2.44. The van der Waals surface area contributed by atoms with Crippen LogP contribution in [-0.2, 0) is 11.2 Å². The summed E-state index contributed by atoms with van der Waals surface area (Å²) in [6.45, 7) is 0. The number of hydrogen-bond donors (Lipinski definition) is 0. The van der Waals surface area contributed by atoms with Crippen molar-refractivity contribution in [1.29, 1.82) is 0 Å². The van der Waals surface area contributed by atoms with Crippen LogP contribution >= 0.6 is 0 Å². The Balaban J connectivity index is 1.06. The summed E-state index contributed by atoms with van der Waals surface area (Å²) in [6.07, 6.45) is 0. The Morgan fingerprint density at radius 2 is 1.04 bits per heavy atom. The van der Waals surface area contributed by atoms with Crippen LogP contribution in [-0.4, -0.2) is 9.12 Å². The van der Waals surface area contributed by atoms with Crippen molar-refractivity contribution in [3.63, 3.8) is 0 Å². The molecule has 0 spiro atoms. The molecule has 11 rings (SSSR count). The van der Waals surface area contributed by atoms with Crippen molar-refractivity contribution >= 4 is 76.5 Å². The molecule has 3 nitrogen and oxygen atoms in total. The molecule has 2 heterocycles. The maximum atomic E-state index is 13.7. The number of para-hydroxylation sites is 1. The fourth-order valence-electron chi connectivity index (χ4n) is 8.28. The van der Waals surface area contributed by atoms with Crippen molar-refractivity contribution in [3.05, 3.63) is 188 Å². The normalized spacial score (nSPS) is 12.5. The SMILES string of the molecule is [O-][S+](c1ccccc1)c1ccc2c(c1)c1cc(-c3ccc(-c4cc5ccccc5c5c4oc4ccc6ccccc6c45)cc3)ccc1n2-c1ccccc1. The lowest BCUT2D eigenvalue weighted by Crippen LogP contribution is -2.01. The largest absolute Gasteiger partial charge is 0.606 e. The maximum Gasteiger partial charge on any atom is 0.159 e. The van der Waals surface area contributed by atoms with Crippen molar-refractivity contribution in [2.24, 2.45) is 0 Å². The molecule has 0 aliphatic heterocycles. The zero-order valence-electron chi connectivity index (χ0n) is 29.1. The molecule has 0 saturated heterocycles. The summed E-state index contributed by atoms with van der Waals surface area (Å²) < 4.78 is 22.7. The molecule has 0 aliphatic rings. The van der Waals surface area contributed by atoms with Crippen LogP contribution in [0.4, 0.5) is 0 Å². The summed E-state index contributed by atoms with van der Waals surface area (Å²) in [4.78, 5) is 1.58. The predicted octanol–water partition coefficient (Wildman–Crippen LogP) is 13.5. The summed E-state index contributed by atoms with van der Waals surface area (Å²) in [5.74, 6) is 0. The zero-order chi connectivity index (χ0) is 35.8. The average molecular weight is 710 g/mol. The first kappa shape index (κ1) is 31.0. The van der Waals surface area contributed by atoms with E-state index in [-0.39, 0.29) is 0 Å². The minimum atomic E-state index is -1.29. The van der Waals surface area contributed by atoms with E-state index >= 15 is 0 Å². The van der Waals surface area contributed by atoms with Gasteiger partial charge in [0.1, 0.15) is 11.2 Å². The van der Waals surface area contributed by atoms with Crippen LogP contribution in [0.5, 0.6) is 0 Å². The van der Waals surface area contributed by atoms with Crippen LogP contribution in [0.1, 0.15) is 0 Å². The van der Waals surface area contributed by atoms with E-state index in [1.807, 2.05) is 42.5 Å². The van der Waals surface area contributed by atoms with Gasteiger partial charge >= 0.3 is 0 Å². The van der Waals surface area contributed by atoms with Gasteiger partial charge in [0.05, 0.1) is 11.0 Å². The number of benzene rings is 9. The highest BCUT2D eigenvalue weighted by molar-refractivity contribution is 7.91. The molecule has 1 atom stereocenters. The average Bonchev–Trinajstić information content (AvgIpc) is 3.80. The monoisotopic (exact) mass is 709 g/mol. The molecule has 0 aliphatic carbocycles. The van der Waals surface area contributed by atoms with E-state index in [1.54, 1.807) is 0 Å². The van der Waals surface area contributed by atoms with E-state index in [0.717, 1.165) is 81.5 Å². The number of aromatic nitrogens is 1. The molecule has 4 heteroatoms. The molecule has 54 heavy (non-hydrogen) atoms. The molecule has 1 unspecified atom stereocenters. The van der Waals surface area contributed by atoms with Crippen molar-refractivity contribution < 1.29 is 8.97 Å². The van der Waals surface area contributed by atoms with E-state index in [0.29, 0.717) is 0 Å². The Labute approximate surface area is 314 Å². The van der Waals surface area contributed by atoms with Gasteiger partial charge in [0.15, 0.2) is 9.79 Å². The lowest BCUT2D eigenvalue weighted by molar-refractivity contribution is 0.595. The molecule has 0 N–H and O–H groups in total. The second kappa shape index (κ2) is 12.2. The zero-order valence-corrected chi connectivity index (χ0v) is 29.9. The first-order valence-electron chi connectivity index (χ1n) is 18.2. The topological polar surface area (TPSA) is 41.1 Å². The van der Waals surface area contributed by atoms with Gasteiger partial charge in [0, 0.05) is 50.0 Å². The molecule has 9 aromatic carbocycles. The van der Waals surface area contributed by atoms with Crippen LogP contribution in [0.2, 0.25) is 0 Å². The molecular formula is C50H31NO2S. The molecule has 0 radical (unpaired) electrons. The van der Waals surface area contributed by atoms with E-state index in [2.05, 4.69) is 150 Å². The van der Waals surface area contributed by atoms with Crippen molar-refractivity contribution in [1.82, 2.24) is 4.57 Å². The molecule has 0 amide bonds. The minimum Gasteiger partial charge on any atom is -0.606 e. The van der Waals surface area contributed by atoms with Gasteiger partial charge in [0.25, 0.3) is 0 Å². The van der Waals surface area contributed by atoms with Crippen LogP contribution in [0.25, 0.3) is 93.2 Å². The lowest BCUT2D eigenvalue weighted by atomic mass is 9.94. The Morgan fingerprint density at radius 1 is 0.426 bits per heavy atom. The molecule has 0 saturated carbocycles. The van der Waals surface area contributed by atoms with E-state index in [9.17, 15) is 4.55 Å². The fourth-order valence-corrected chi connectivity index (χ4v) is 9.37. The summed E-state index contributed by atoms with van der Waals surface area (Å²) in [5, 5.41) is 9.31. The number of hydrogen-bond acceptors (Lipinski definition) is 2. The van der Waals surface area contributed by atoms with Gasteiger partial charge < -0.3 is 13.5 Å². The molecule has 11 aromatic rings. The van der Waals surface area contributed by atoms with Gasteiger partial charge in [-0.1, -0.05) is 121 Å². The van der Waals surface area contributed by atoms with Gasteiger partial charge in [-0.15, -0.1) is 0 Å². The molecule has 2 aromatic heterocycles. The molecule has 0 bridgehead atoms.